The first-order valence-electron chi connectivity index (χ1n) is 9.57. The van der Waals surface area contributed by atoms with E-state index in [0.717, 1.165) is 38.0 Å². The molecule has 1 saturated heterocycles. The predicted molar refractivity (Wildman–Crippen MR) is 110 cm³/mol. The molecule has 1 amide bonds. The number of rotatable bonds is 5. The van der Waals surface area contributed by atoms with Crippen LogP contribution in [-0.4, -0.2) is 30.8 Å². The Balaban J connectivity index is 1.47. The summed E-state index contributed by atoms with van der Waals surface area (Å²) in [6.45, 7) is 5.80. The van der Waals surface area contributed by atoms with Crippen LogP contribution in [-0.2, 0) is 11.2 Å². The number of amides is 1. The third-order valence-electron chi connectivity index (χ3n) is 5.20. The first-order valence-corrected chi connectivity index (χ1v) is 9.57. The predicted octanol–water partition coefficient (Wildman–Crippen LogP) is 3.99. The molecular weight excluding hydrogens is 338 g/mol. The summed E-state index contributed by atoms with van der Waals surface area (Å²) in [7, 11) is 0. The number of nitrogens with one attached hydrogen (secondary N) is 1. The number of anilines is 2. The van der Waals surface area contributed by atoms with Crippen LogP contribution in [0.25, 0.3) is 0 Å². The molecule has 0 radical (unpaired) electrons. The smallest absolute Gasteiger partial charge is 0.407 e. The summed E-state index contributed by atoms with van der Waals surface area (Å²) in [5.41, 5.74) is 8.63. The molecule has 3 rings (SSSR count). The second-order valence-electron chi connectivity index (χ2n) is 7.67. The van der Waals surface area contributed by atoms with Gasteiger partial charge in [0.05, 0.1) is 0 Å². The zero-order valence-electron chi connectivity index (χ0n) is 16.2. The van der Waals surface area contributed by atoms with E-state index < -0.39 is 0 Å². The van der Waals surface area contributed by atoms with Crippen LogP contribution in [0.4, 0.5) is 16.2 Å². The average Bonchev–Trinajstić information content (AvgIpc) is 2.63. The molecular formula is C22H29N3O2. The SMILES string of the molecule is CC(Cc1ccccc1)OC(=O)NC1(C)CCN(c2ccc(N)cc2)CC1. The van der Waals surface area contributed by atoms with Gasteiger partial charge in [-0.1, -0.05) is 30.3 Å². The van der Waals surface area contributed by atoms with Crippen molar-refractivity contribution in [2.24, 2.45) is 0 Å². The lowest BCUT2D eigenvalue weighted by Gasteiger charge is -2.40. The molecule has 27 heavy (non-hydrogen) atoms. The Morgan fingerprint density at radius 1 is 1.15 bits per heavy atom. The largest absolute Gasteiger partial charge is 0.446 e. The van der Waals surface area contributed by atoms with E-state index >= 15 is 0 Å². The molecule has 2 aromatic carbocycles. The highest BCUT2D eigenvalue weighted by atomic mass is 16.6. The molecule has 1 heterocycles. The minimum Gasteiger partial charge on any atom is -0.446 e. The Bertz CT molecular complexity index is 738. The standard InChI is InChI=1S/C22H29N3O2/c1-17(16-18-6-4-3-5-7-18)27-21(26)24-22(2)12-14-25(15-13-22)20-10-8-19(23)9-11-20/h3-11,17H,12-16,23H2,1-2H3,(H,24,26). The lowest BCUT2D eigenvalue weighted by atomic mass is 9.89. The van der Waals surface area contributed by atoms with Crippen LogP contribution >= 0.6 is 0 Å². The molecule has 1 fully saturated rings. The fourth-order valence-electron chi connectivity index (χ4n) is 3.51. The molecule has 0 spiro atoms. The number of ether oxygens (including phenoxy) is 1. The van der Waals surface area contributed by atoms with Gasteiger partial charge in [-0.15, -0.1) is 0 Å². The number of hydrogen-bond donors (Lipinski definition) is 2. The number of alkyl carbamates (subject to hydrolysis) is 1. The third kappa shape index (κ3) is 5.39. The number of nitrogens with zero attached hydrogens (tertiary/aromatic N) is 1. The second kappa shape index (κ2) is 8.33. The summed E-state index contributed by atoms with van der Waals surface area (Å²) in [6.07, 6.45) is 1.97. The van der Waals surface area contributed by atoms with Crippen molar-refractivity contribution in [2.45, 2.75) is 44.8 Å². The van der Waals surface area contributed by atoms with Gasteiger partial charge >= 0.3 is 6.09 Å². The molecule has 2 aromatic rings. The molecule has 1 atom stereocenters. The summed E-state index contributed by atoms with van der Waals surface area (Å²) in [6, 6.07) is 18.0. The van der Waals surface area contributed by atoms with Gasteiger partial charge in [0.15, 0.2) is 0 Å². The summed E-state index contributed by atoms with van der Waals surface area (Å²) >= 11 is 0. The molecule has 5 heteroatoms. The normalized spacial score (nSPS) is 17.2. The van der Waals surface area contributed by atoms with E-state index in [1.807, 2.05) is 61.5 Å². The Kier molecular flexibility index (Phi) is 5.89. The zero-order valence-corrected chi connectivity index (χ0v) is 16.2. The maximum Gasteiger partial charge on any atom is 0.407 e. The average molecular weight is 367 g/mol. The van der Waals surface area contributed by atoms with Gasteiger partial charge < -0.3 is 20.7 Å². The van der Waals surface area contributed by atoms with Crippen molar-refractivity contribution in [2.75, 3.05) is 23.7 Å². The highest BCUT2D eigenvalue weighted by Gasteiger charge is 2.32. The van der Waals surface area contributed by atoms with Crippen LogP contribution < -0.4 is 16.0 Å². The Morgan fingerprint density at radius 3 is 2.41 bits per heavy atom. The molecule has 1 unspecified atom stereocenters. The van der Waals surface area contributed by atoms with Gasteiger partial charge in [-0.2, -0.15) is 0 Å². The molecule has 3 N–H and O–H groups in total. The van der Waals surface area contributed by atoms with Gasteiger partial charge in [0, 0.05) is 36.4 Å². The quantitative estimate of drug-likeness (QED) is 0.784. The molecule has 5 nitrogen and oxygen atoms in total. The number of carbonyl (C=O) groups excluding carboxylic acids is 1. The maximum absolute atomic E-state index is 12.3. The summed E-state index contributed by atoms with van der Waals surface area (Å²) < 4.78 is 5.57. The van der Waals surface area contributed by atoms with Gasteiger partial charge in [0.1, 0.15) is 6.10 Å². The van der Waals surface area contributed by atoms with E-state index in [1.54, 1.807) is 0 Å². The van der Waals surface area contributed by atoms with Crippen LogP contribution in [0.15, 0.2) is 54.6 Å². The zero-order chi connectivity index (χ0) is 19.3. The summed E-state index contributed by atoms with van der Waals surface area (Å²) in [5, 5.41) is 3.09. The lowest BCUT2D eigenvalue weighted by Crippen LogP contribution is -2.54. The fraction of sp³-hybridized carbons (Fsp3) is 0.409. The number of carbonyl (C=O) groups is 1. The number of piperidine rings is 1. The van der Waals surface area contributed by atoms with E-state index in [4.69, 9.17) is 10.5 Å². The van der Waals surface area contributed by atoms with Crippen molar-refractivity contribution >= 4 is 17.5 Å². The number of nitrogen functional groups attached to an aromatic ring is 1. The molecule has 1 aliphatic rings. The first-order chi connectivity index (χ1) is 12.9. The molecule has 0 aliphatic carbocycles. The first kappa shape index (κ1) is 19.1. The monoisotopic (exact) mass is 367 g/mol. The van der Waals surface area contributed by atoms with Crippen LogP contribution in [0.1, 0.15) is 32.3 Å². The van der Waals surface area contributed by atoms with Crippen LogP contribution in [0.5, 0.6) is 0 Å². The minimum absolute atomic E-state index is 0.161. The number of benzene rings is 2. The van der Waals surface area contributed by atoms with Crippen molar-refractivity contribution in [1.29, 1.82) is 0 Å². The van der Waals surface area contributed by atoms with Crippen molar-refractivity contribution in [3.63, 3.8) is 0 Å². The number of hydrogen-bond acceptors (Lipinski definition) is 4. The maximum atomic E-state index is 12.3. The highest BCUT2D eigenvalue weighted by Crippen LogP contribution is 2.26. The summed E-state index contributed by atoms with van der Waals surface area (Å²) in [4.78, 5) is 14.7. The van der Waals surface area contributed by atoms with Crippen LogP contribution in [0, 0.1) is 0 Å². The van der Waals surface area contributed by atoms with Gasteiger partial charge in [-0.25, -0.2) is 4.79 Å². The van der Waals surface area contributed by atoms with Crippen LogP contribution in [0.2, 0.25) is 0 Å². The minimum atomic E-state index is -0.332. The van der Waals surface area contributed by atoms with Crippen molar-refractivity contribution in [3.05, 3.63) is 60.2 Å². The van der Waals surface area contributed by atoms with Gasteiger partial charge in [0.2, 0.25) is 0 Å². The highest BCUT2D eigenvalue weighted by molar-refractivity contribution is 5.68. The van der Waals surface area contributed by atoms with E-state index in [1.165, 1.54) is 11.3 Å². The number of nitrogens with two attached hydrogens (primary N) is 1. The van der Waals surface area contributed by atoms with Crippen molar-refractivity contribution in [3.8, 4) is 0 Å². The topological polar surface area (TPSA) is 67.6 Å². The van der Waals surface area contributed by atoms with Crippen molar-refractivity contribution in [1.82, 2.24) is 5.32 Å². The molecule has 1 aliphatic heterocycles. The lowest BCUT2D eigenvalue weighted by molar-refractivity contribution is 0.0945. The molecule has 144 valence electrons. The molecule has 0 aromatic heterocycles. The van der Waals surface area contributed by atoms with Crippen LogP contribution in [0.3, 0.4) is 0 Å². The van der Waals surface area contributed by atoms with E-state index in [9.17, 15) is 4.79 Å². The fourth-order valence-corrected chi connectivity index (χ4v) is 3.51. The second-order valence-corrected chi connectivity index (χ2v) is 7.67. The van der Waals surface area contributed by atoms with Gasteiger partial charge in [-0.3, -0.25) is 0 Å². The van der Waals surface area contributed by atoms with E-state index in [-0.39, 0.29) is 17.7 Å². The summed E-state index contributed by atoms with van der Waals surface area (Å²) in [5.74, 6) is 0. The Hall–Kier alpha value is -2.69. The third-order valence-corrected chi connectivity index (χ3v) is 5.20. The molecule has 0 bridgehead atoms. The van der Waals surface area contributed by atoms with Gasteiger partial charge in [0.25, 0.3) is 0 Å². The van der Waals surface area contributed by atoms with Crippen molar-refractivity contribution < 1.29 is 9.53 Å². The van der Waals surface area contributed by atoms with E-state index in [2.05, 4.69) is 17.1 Å². The van der Waals surface area contributed by atoms with Gasteiger partial charge in [-0.05, 0) is 56.5 Å². The Morgan fingerprint density at radius 2 is 1.78 bits per heavy atom. The molecule has 0 saturated carbocycles. The Labute approximate surface area is 161 Å². The van der Waals surface area contributed by atoms with E-state index in [0.29, 0.717) is 0 Å².